The minimum Gasteiger partial charge on any atom is -0.486 e. The van der Waals surface area contributed by atoms with Gasteiger partial charge in [-0.3, -0.25) is 4.79 Å². The highest BCUT2D eigenvalue weighted by Crippen LogP contribution is 2.33. The first-order valence-corrected chi connectivity index (χ1v) is 7.01. The van der Waals surface area contributed by atoms with Gasteiger partial charge in [-0.25, -0.2) is 0 Å². The van der Waals surface area contributed by atoms with Gasteiger partial charge in [0.05, 0.1) is 15.7 Å². The maximum atomic E-state index is 12.5. The van der Waals surface area contributed by atoms with E-state index < -0.39 is 0 Å². The first-order chi connectivity index (χ1) is 10.1. The topological polar surface area (TPSA) is 61.6 Å². The Kier molecular flexibility index (Phi) is 3.66. The van der Waals surface area contributed by atoms with Crippen LogP contribution >= 0.6 is 23.2 Å². The zero-order valence-corrected chi connectivity index (χ0v) is 12.4. The average Bonchev–Trinajstić information content (AvgIpc) is 2.51. The van der Waals surface area contributed by atoms with Crippen LogP contribution < -0.4 is 15.2 Å². The highest BCUT2D eigenvalue weighted by Gasteiger charge is 2.17. The number of anilines is 1. The summed E-state index contributed by atoms with van der Waals surface area (Å²) in [6.45, 7) is 0.966. The molecule has 2 N–H and O–H groups in total. The van der Waals surface area contributed by atoms with Crippen LogP contribution in [0, 0.1) is 0 Å². The maximum Gasteiger partial charge on any atom is 0.193 e. The summed E-state index contributed by atoms with van der Waals surface area (Å²) in [5, 5.41) is 0.506. The van der Waals surface area contributed by atoms with E-state index in [2.05, 4.69) is 0 Å². The Morgan fingerprint density at radius 1 is 0.952 bits per heavy atom. The number of hydrogen-bond acceptors (Lipinski definition) is 4. The van der Waals surface area contributed by atoms with Crippen molar-refractivity contribution in [3.05, 3.63) is 51.5 Å². The molecule has 21 heavy (non-hydrogen) atoms. The molecule has 0 saturated heterocycles. The molecule has 0 radical (unpaired) electrons. The predicted molar refractivity (Wildman–Crippen MR) is 81.7 cm³/mol. The fourth-order valence-corrected chi connectivity index (χ4v) is 2.55. The van der Waals surface area contributed by atoms with Crippen molar-refractivity contribution in [2.45, 2.75) is 0 Å². The molecule has 0 aliphatic carbocycles. The maximum absolute atomic E-state index is 12.5. The van der Waals surface area contributed by atoms with Crippen molar-refractivity contribution in [3.63, 3.8) is 0 Å². The van der Waals surface area contributed by atoms with Gasteiger partial charge in [0.15, 0.2) is 17.3 Å². The van der Waals surface area contributed by atoms with Crippen LogP contribution in [0.15, 0.2) is 30.3 Å². The third kappa shape index (κ3) is 2.64. The molecule has 2 aromatic carbocycles. The molecule has 0 spiro atoms. The van der Waals surface area contributed by atoms with Crippen molar-refractivity contribution in [1.82, 2.24) is 0 Å². The molecule has 6 heteroatoms. The minimum absolute atomic E-state index is 0.212. The fourth-order valence-electron chi connectivity index (χ4n) is 2.07. The number of halogens is 2. The van der Waals surface area contributed by atoms with Crippen LogP contribution in [-0.2, 0) is 0 Å². The summed E-state index contributed by atoms with van der Waals surface area (Å²) in [5.74, 6) is 0.974. The van der Waals surface area contributed by atoms with Gasteiger partial charge in [0.1, 0.15) is 13.2 Å². The van der Waals surface area contributed by atoms with E-state index in [0.717, 1.165) is 0 Å². The lowest BCUT2D eigenvalue weighted by molar-refractivity contribution is 0.103. The summed E-state index contributed by atoms with van der Waals surface area (Å²) in [4.78, 5) is 12.5. The van der Waals surface area contributed by atoms with Crippen LogP contribution in [0.4, 0.5) is 5.69 Å². The molecule has 2 aromatic rings. The Morgan fingerprint density at radius 2 is 1.57 bits per heavy atom. The fraction of sp³-hybridized carbons (Fsp3) is 0.133. The van der Waals surface area contributed by atoms with Crippen LogP contribution in [-0.4, -0.2) is 19.0 Å². The molecule has 1 heterocycles. The molecule has 3 rings (SSSR count). The minimum atomic E-state index is -0.212. The van der Waals surface area contributed by atoms with Crippen molar-refractivity contribution in [2.75, 3.05) is 18.9 Å². The standard InChI is InChI=1S/C15H11Cl2NO3/c16-10-5-9(6-11(17)14(10)18)15(19)8-1-2-12-13(7-8)21-4-3-20-12/h1-2,5-7H,3-4,18H2. The van der Waals surface area contributed by atoms with Crippen molar-refractivity contribution in [1.29, 1.82) is 0 Å². The molecule has 0 atom stereocenters. The number of nitrogen functional groups attached to an aromatic ring is 1. The van der Waals surface area contributed by atoms with E-state index in [-0.39, 0.29) is 21.5 Å². The average molecular weight is 324 g/mol. The third-order valence-corrected chi connectivity index (χ3v) is 3.77. The molecule has 0 aromatic heterocycles. The molecule has 108 valence electrons. The second-order valence-corrected chi connectivity index (χ2v) is 5.36. The number of rotatable bonds is 2. The van der Waals surface area contributed by atoms with Crippen molar-refractivity contribution >= 4 is 34.7 Å². The Morgan fingerprint density at radius 3 is 2.24 bits per heavy atom. The van der Waals surface area contributed by atoms with E-state index in [0.29, 0.717) is 35.8 Å². The summed E-state index contributed by atoms with van der Waals surface area (Å²) in [7, 11) is 0. The highest BCUT2D eigenvalue weighted by molar-refractivity contribution is 6.39. The van der Waals surface area contributed by atoms with Crippen molar-refractivity contribution < 1.29 is 14.3 Å². The summed E-state index contributed by atoms with van der Waals surface area (Å²) in [6, 6.07) is 8.04. The highest BCUT2D eigenvalue weighted by atomic mass is 35.5. The quantitative estimate of drug-likeness (QED) is 0.677. The van der Waals surface area contributed by atoms with Gasteiger partial charge in [0, 0.05) is 11.1 Å². The van der Waals surface area contributed by atoms with Crippen LogP contribution in [0.1, 0.15) is 15.9 Å². The number of benzene rings is 2. The zero-order chi connectivity index (χ0) is 15.0. The second kappa shape index (κ2) is 5.47. The van der Waals surface area contributed by atoms with E-state index in [1.54, 1.807) is 18.2 Å². The number of ketones is 1. The molecular formula is C15H11Cl2NO3. The Balaban J connectivity index is 1.99. The summed E-state index contributed by atoms with van der Waals surface area (Å²) >= 11 is 11.9. The van der Waals surface area contributed by atoms with E-state index >= 15 is 0 Å². The molecule has 0 fully saturated rings. The summed E-state index contributed by atoms with van der Waals surface area (Å²) in [5.41, 5.74) is 6.77. The molecule has 0 saturated carbocycles. The van der Waals surface area contributed by atoms with Gasteiger partial charge in [0.2, 0.25) is 0 Å². The second-order valence-electron chi connectivity index (χ2n) is 4.54. The molecule has 1 aliphatic heterocycles. The first-order valence-electron chi connectivity index (χ1n) is 6.25. The van der Waals surface area contributed by atoms with Crippen LogP contribution in [0.5, 0.6) is 11.5 Å². The lowest BCUT2D eigenvalue weighted by Gasteiger charge is -2.18. The van der Waals surface area contributed by atoms with Gasteiger partial charge < -0.3 is 15.2 Å². The number of fused-ring (bicyclic) bond motifs is 1. The molecule has 0 unspecified atom stereocenters. The monoisotopic (exact) mass is 323 g/mol. The molecule has 0 amide bonds. The van der Waals surface area contributed by atoms with Gasteiger partial charge in [-0.15, -0.1) is 0 Å². The van der Waals surface area contributed by atoms with E-state index in [1.807, 2.05) is 0 Å². The van der Waals surface area contributed by atoms with Crippen molar-refractivity contribution in [3.8, 4) is 11.5 Å². The SMILES string of the molecule is Nc1c(Cl)cc(C(=O)c2ccc3c(c2)OCCO3)cc1Cl. The van der Waals surface area contributed by atoms with E-state index in [9.17, 15) is 4.79 Å². The third-order valence-electron chi connectivity index (χ3n) is 3.15. The van der Waals surface area contributed by atoms with Crippen LogP contribution in [0.25, 0.3) is 0 Å². The van der Waals surface area contributed by atoms with Crippen LogP contribution in [0.3, 0.4) is 0 Å². The largest absolute Gasteiger partial charge is 0.486 e. The van der Waals surface area contributed by atoms with Crippen LogP contribution in [0.2, 0.25) is 10.0 Å². The molecule has 1 aliphatic rings. The normalized spacial score (nSPS) is 13.0. The number of nitrogens with two attached hydrogens (primary N) is 1. The van der Waals surface area contributed by atoms with E-state index in [4.69, 9.17) is 38.4 Å². The Hall–Kier alpha value is -1.91. The number of carbonyl (C=O) groups is 1. The van der Waals surface area contributed by atoms with Gasteiger partial charge in [-0.2, -0.15) is 0 Å². The lowest BCUT2D eigenvalue weighted by Crippen LogP contribution is -2.16. The zero-order valence-electron chi connectivity index (χ0n) is 10.9. The summed E-state index contributed by atoms with van der Waals surface area (Å²) in [6.07, 6.45) is 0. The van der Waals surface area contributed by atoms with Gasteiger partial charge in [-0.1, -0.05) is 23.2 Å². The van der Waals surface area contributed by atoms with Crippen molar-refractivity contribution in [2.24, 2.45) is 0 Å². The molecule has 4 nitrogen and oxygen atoms in total. The number of hydrogen-bond donors (Lipinski definition) is 1. The lowest BCUT2D eigenvalue weighted by atomic mass is 10.0. The number of carbonyl (C=O) groups excluding carboxylic acids is 1. The molecule has 0 bridgehead atoms. The van der Waals surface area contributed by atoms with E-state index in [1.165, 1.54) is 12.1 Å². The van der Waals surface area contributed by atoms with Gasteiger partial charge in [-0.05, 0) is 30.3 Å². The Bertz CT molecular complexity index is 708. The Labute approximate surface area is 131 Å². The first kappa shape index (κ1) is 14.0. The predicted octanol–water partition coefficient (Wildman–Crippen LogP) is 3.58. The van der Waals surface area contributed by atoms with Gasteiger partial charge in [0.25, 0.3) is 0 Å². The van der Waals surface area contributed by atoms with Gasteiger partial charge >= 0.3 is 0 Å². The molecular weight excluding hydrogens is 313 g/mol. The number of ether oxygens (including phenoxy) is 2. The smallest absolute Gasteiger partial charge is 0.193 e. The summed E-state index contributed by atoms with van der Waals surface area (Å²) < 4.78 is 10.9.